The Balaban J connectivity index is 2.91. The van der Waals surface area contributed by atoms with Gasteiger partial charge < -0.3 is 16.0 Å². The highest BCUT2D eigenvalue weighted by Crippen LogP contribution is 2.28. The highest BCUT2D eigenvalue weighted by Gasteiger charge is 2.17. The number of rotatable bonds is 6. The number of benzene rings is 1. The molecule has 0 aliphatic carbocycles. The number of anilines is 2. The summed E-state index contributed by atoms with van der Waals surface area (Å²) in [6, 6.07) is 5.45. The van der Waals surface area contributed by atoms with E-state index in [1.807, 2.05) is 32.0 Å². The maximum absolute atomic E-state index is 12.2. The second-order valence-corrected chi connectivity index (χ2v) is 5.20. The van der Waals surface area contributed by atoms with E-state index in [0.717, 1.165) is 24.2 Å². The zero-order valence-electron chi connectivity index (χ0n) is 11.7. The van der Waals surface area contributed by atoms with Crippen LogP contribution >= 0.6 is 11.6 Å². The smallest absolute Gasteiger partial charge is 0.228 e. The van der Waals surface area contributed by atoms with E-state index in [4.69, 9.17) is 17.3 Å². The molecule has 4 nitrogen and oxygen atoms in total. The average molecular weight is 284 g/mol. The third kappa shape index (κ3) is 4.40. The summed E-state index contributed by atoms with van der Waals surface area (Å²) in [6.07, 6.45) is 1.73. The Bertz CT molecular complexity index is 435. The van der Waals surface area contributed by atoms with Crippen molar-refractivity contribution >= 4 is 28.9 Å². The molecule has 0 radical (unpaired) electrons. The van der Waals surface area contributed by atoms with Crippen LogP contribution < -0.4 is 16.0 Å². The molecule has 0 aliphatic rings. The lowest BCUT2D eigenvalue weighted by Gasteiger charge is -2.20. The van der Waals surface area contributed by atoms with Crippen molar-refractivity contribution in [3.63, 3.8) is 0 Å². The molecule has 0 saturated heterocycles. The first-order valence-corrected chi connectivity index (χ1v) is 6.85. The minimum atomic E-state index is -0.154. The largest absolute Gasteiger partial charge is 0.376 e. The summed E-state index contributed by atoms with van der Waals surface area (Å²) >= 11 is 5.99. The molecule has 0 aromatic heterocycles. The minimum absolute atomic E-state index is 0.0466. The van der Waals surface area contributed by atoms with Gasteiger partial charge in [-0.15, -0.1) is 0 Å². The normalized spacial score (nSPS) is 12.1. The van der Waals surface area contributed by atoms with Gasteiger partial charge in [0, 0.05) is 25.7 Å². The first kappa shape index (κ1) is 15.8. The van der Waals surface area contributed by atoms with E-state index in [0.29, 0.717) is 11.6 Å². The SMILES string of the molecule is CCCC(CN)C(=O)Nc1cc(Cl)ccc1N(C)C. The van der Waals surface area contributed by atoms with Gasteiger partial charge in [0.2, 0.25) is 5.91 Å². The van der Waals surface area contributed by atoms with Crippen LogP contribution in [-0.2, 0) is 4.79 Å². The Morgan fingerprint density at radius 3 is 2.68 bits per heavy atom. The maximum Gasteiger partial charge on any atom is 0.228 e. The number of nitrogens with two attached hydrogens (primary N) is 1. The summed E-state index contributed by atoms with van der Waals surface area (Å²) in [6.45, 7) is 2.40. The monoisotopic (exact) mass is 283 g/mol. The van der Waals surface area contributed by atoms with Crippen LogP contribution in [0, 0.1) is 5.92 Å². The lowest BCUT2D eigenvalue weighted by molar-refractivity contribution is -0.119. The number of halogens is 1. The lowest BCUT2D eigenvalue weighted by Crippen LogP contribution is -2.29. The van der Waals surface area contributed by atoms with Crippen molar-refractivity contribution in [1.29, 1.82) is 0 Å². The molecule has 0 spiro atoms. The number of hydrogen-bond donors (Lipinski definition) is 2. The molecular weight excluding hydrogens is 262 g/mol. The fourth-order valence-corrected chi connectivity index (χ4v) is 2.11. The Morgan fingerprint density at radius 1 is 1.47 bits per heavy atom. The molecule has 106 valence electrons. The van der Waals surface area contributed by atoms with Gasteiger partial charge in [0.25, 0.3) is 0 Å². The Hall–Kier alpha value is -1.26. The predicted octanol–water partition coefficient (Wildman–Crippen LogP) is 2.72. The van der Waals surface area contributed by atoms with E-state index in [9.17, 15) is 4.79 Å². The van der Waals surface area contributed by atoms with Crippen molar-refractivity contribution in [3.8, 4) is 0 Å². The van der Waals surface area contributed by atoms with Gasteiger partial charge in [-0.25, -0.2) is 0 Å². The molecule has 1 amide bonds. The standard InChI is InChI=1S/C14H22ClN3O/c1-4-5-10(9-16)14(19)17-12-8-11(15)6-7-13(12)18(2)3/h6-8,10H,4-5,9,16H2,1-3H3,(H,17,19). The van der Waals surface area contributed by atoms with Crippen LogP contribution in [0.1, 0.15) is 19.8 Å². The summed E-state index contributed by atoms with van der Waals surface area (Å²) in [5.74, 6) is -0.200. The van der Waals surface area contributed by atoms with E-state index >= 15 is 0 Å². The van der Waals surface area contributed by atoms with E-state index in [1.54, 1.807) is 12.1 Å². The molecule has 3 N–H and O–H groups in total. The van der Waals surface area contributed by atoms with Gasteiger partial charge >= 0.3 is 0 Å². The van der Waals surface area contributed by atoms with Crippen molar-refractivity contribution in [3.05, 3.63) is 23.2 Å². The van der Waals surface area contributed by atoms with Crippen molar-refractivity contribution in [2.75, 3.05) is 30.9 Å². The summed E-state index contributed by atoms with van der Waals surface area (Å²) < 4.78 is 0. The topological polar surface area (TPSA) is 58.4 Å². The Kier molecular flexibility index (Phi) is 6.12. The van der Waals surface area contributed by atoms with Crippen LogP contribution in [0.2, 0.25) is 5.02 Å². The summed E-state index contributed by atoms with van der Waals surface area (Å²) in [5.41, 5.74) is 7.28. The average Bonchev–Trinajstić information content (AvgIpc) is 2.35. The number of nitrogens with zero attached hydrogens (tertiary/aromatic N) is 1. The van der Waals surface area contributed by atoms with Crippen LogP contribution in [0.15, 0.2) is 18.2 Å². The number of hydrogen-bond acceptors (Lipinski definition) is 3. The van der Waals surface area contributed by atoms with Gasteiger partial charge in [0.05, 0.1) is 17.3 Å². The van der Waals surface area contributed by atoms with Crippen molar-refractivity contribution in [1.82, 2.24) is 0 Å². The van der Waals surface area contributed by atoms with E-state index < -0.39 is 0 Å². The van der Waals surface area contributed by atoms with Gasteiger partial charge in [-0.2, -0.15) is 0 Å². The lowest BCUT2D eigenvalue weighted by atomic mass is 10.0. The van der Waals surface area contributed by atoms with Crippen LogP contribution in [0.3, 0.4) is 0 Å². The molecule has 1 atom stereocenters. The molecule has 0 bridgehead atoms. The molecule has 1 aromatic rings. The van der Waals surface area contributed by atoms with Crippen molar-refractivity contribution in [2.24, 2.45) is 11.7 Å². The predicted molar refractivity (Wildman–Crippen MR) is 81.9 cm³/mol. The van der Waals surface area contributed by atoms with Crippen molar-refractivity contribution < 1.29 is 4.79 Å². The second-order valence-electron chi connectivity index (χ2n) is 4.77. The third-order valence-electron chi connectivity index (χ3n) is 2.99. The molecule has 0 fully saturated rings. The second kappa shape index (κ2) is 7.36. The number of amides is 1. The van der Waals surface area contributed by atoms with Crippen LogP contribution in [-0.4, -0.2) is 26.5 Å². The summed E-state index contributed by atoms with van der Waals surface area (Å²) in [4.78, 5) is 14.1. The van der Waals surface area contributed by atoms with Crippen LogP contribution in [0.4, 0.5) is 11.4 Å². The van der Waals surface area contributed by atoms with Gasteiger partial charge in [-0.05, 0) is 24.6 Å². The van der Waals surface area contributed by atoms with E-state index in [2.05, 4.69) is 5.32 Å². The summed E-state index contributed by atoms with van der Waals surface area (Å²) in [7, 11) is 3.84. The molecule has 1 rings (SSSR count). The summed E-state index contributed by atoms with van der Waals surface area (Å²) in [5, 5.41) is 3.52. The fourth-order valence-electron chi connectivity index (χ4n) is 1.94. The third-order valence-corrected chi connectivity index (χ3v) is 3.23. The van der Waals surface area contributed by atoms with E-state index in [-0.39, 0.29) is 11.8 Å². The molecule has 0 saturated carbocycles. The van der Waals surface area contributed by atoms with Crippen molar-refractivity contribution in [2.45, 2.75) is 19.8 Å². The molecule has 1 unspecified atom stereocenters. The van der Waals surface area contributed by atoms with Crippen LogP contribution in [0.25, 0.3) is 0 Å². The zero-order chi connectivity index (χ0) is 14.4. The number of carbonyl (C=O) groups is 1. The molecule has 19 heavy (non-hydrogen) atoms. The van der Waals surface area contributed by atoms with Crippen LogP contribution in [0.5, 0.6) is 0 Å². The maximum atomic E-state index is 12.2. The van der Waals surface area contributed by atoms with Gasteiger partial charge in [-0.1, -0.05) is 24.9 Å². The quantitative estimate of drug-likeness (QED) is 0.844. The fraction of sp³-hybridized carbons (Fsp3) is 0.500. The Labute approximate surface area is 119 Å². The minimum Gasteiger partial charge on any atom is -0.376 e. The van der Waals surface area contributed by atoms with Gasteiger partial charge in [0.1, 0.15) is 0 Å². The highest BCUT2D eigenvalue weighted by molar-refractivity contribution is 6.31. The molecular formula is C14H22ClN3O. The first-order valence-electron chi connectivity index (χ1n) is 6.47. The molecule has 1 aromatic carbocycles. The zero-order valence-corrected chi connectivity index (χ0v) is 12.5. The van der Waals surface area contributed by atoms with Gasteiger partial charge in [0.15, 0.2) is 0 Å². The highest BCUT2D eigenvalue weighted by atomic mass is 35.5. The first-order chi connectivity index (χ1) is 8.99. The number of carbonyl (C=O) groups excluding carboxylic acids is 1. The van der Waals surface area contributed by atoms with E-state index in [1.165, 1.54) is 0 Å². The van der Waals surface area contributed by atoms with Gasteiger partial charge in [-0.3, -0.25) is 4.79 Å². The number of nitrogens with one attached hydrogen (secondary N) is 1. The Morgan fingerprint density at radius 2 is 2.16 bits per heavy atom. The molecule has 5 heteroatoms. The molecule has 0 aliphatic heterocycles. The molecule has 0 heterocycles.